The Hall–Kier alpha value is -0.180. The van der Waals surface area contributed by atoms with Gasteiger partial charge in [-0.1, -0.05) is 23.2 Å². The molecule has 0 aromatic rings. The van der Waals surface area contributed by atoms with E-state index in [4.69, 9.17) is 4.84 Å². The maximum absolute atomic E-state index is 12.2. The summed E-state index contributed by atoms with van der Waals surface area (Å²) in [5.41, 5.74) is -0.361. The molecule has 0 aromatic heterocycles. The Morgan fingerprint density at radius 3 is 2.69 bits per heavy atom. The third kappa shape index (κ3) is 2.93. The van der Waals surface area contributed by atoms with Crippen molar-refractivity contribution in [1.29, 1.82) is 0 Å². The van der Waals surface area contributed by atoms with Crippen LogP contribution in [0.15, 0.2) is 0 Å². The Morgan fingerprint density at radius 2 is 2.19 bits per heavy atom. The minimum absolute atomic E-state index is 0.0558. The highest BCUT2D eigenvalue weighted by atomic mass is 31.0. The van der Waals surface area contributed by atoms with Gasteiger partial charge in [0.15, 0.2) is 0 Å². The van der Waals surface area contributed by atoms with Crippen LogP contribution in [0, 0.1) is 11.3 Å². The summed E-state index contributed by atoms with van der Waals surface area (Å²) in [6.45, 7) is 6.09. The molecule has 1 heterocycles. The lowest BCUT2D eigenvalue weighted by molar-refractivity contribution is -0.182. The summed E-state index contributed by atoms with van der Waals surface area (Å²) in [4.78, 5) is 17.2. The summed E-state index contributed by atoms with van der Waals surface area (Å²) in [6, 6.07) is 0. The van der Waals surface area contributed by atoms with E-state index < -0.39 is 0 Å². The van der Waals surface area contributed by atoms with Crippen LogP contribution < -0.4 is 0 Å². The second kappa shape index (κ2) is 5.44. The molecular formula is C11H23N2O2P. The minimum Gasteiger partial charge on any atom is -0.287 e. The zero-order chi connectivity index (χ0) is 12.3. The van der Waals surface area contributed by atoms with Crippen LogP contribution in [0.4, 0.5) is 0 Å². The smallest absolute Gasteiger partial charge is 0.251 e. The van der Waals surface area contributed by atoms with Gasteiger partial charge in [-0.2, -0.15) is 0 Å². The molecule has 0 aromatic carbocycles. The summed E-state index contributed by atoms with van der Waals surface area (Å²) >= 11 is 0. The Labute approximate surface area is 101 Å². The molecule has 4 nitrogen and oxygen atoms in total. The maximum Gasteiger partial charge on any atom is 0.251 e. The number of nitrogens with zero attached hydrogens (tertiary/aromatic N) is 2. The fraction of sp³-hybridized carbons (Fsp3) is 0.909. The SMILES string of the molecule is CON(C)C(=O)C(C)(C)C1CCCN(P)C1. The van der Waals surface area contributed by atoms with Crippen LogP contribution in [0.5, 0.6) is 0 Å². The number of piperidine rings is 1. The van der Waals surface area contributed by atoms with Crippen molar-refractivity contribution in [2.75, 3.05) is 27.2 Å². The molecule has 1 fully saturated rings. The normalized spacial score (nSPS) is 23.2. The molecule has 0 radical (unpaired) electrons. The highest BCUT2D eigenvalue weighted by Crippen LogP contribution is 2.36. The van der Waals surface area contributed by atoms with Gasteiger partial charge < -0.3 is 0 Å². The molecule has 0 bridgehead atoms. The van der Waals surface area contributed by atoms with Crippen molar-refractivity contribution in [3.8, 4) is 0 Å². The fourth-order valence-corrected chi connectivity index (χ4v) is 2.70. The molecule has 0 spiro atoms. The quantitative estimate of drug-likeness (QED) is 0.559. The van der Waals surface area contributed by atoms with Crippen LogP contribution in [0.1, 0.15) is 26.7 Å². The van der Waals surface area contributed by atoms with Crippen molar-refractivity contribution in [2.24, 2.45) is 11.3 Å². The molecule has 5 heteroatoms. The first-order valence-electron chi connectivity index (χ1n) is 5.71. The zero-order valence-electron chi connectivity index (χ0n) is 10.7. The first kappa shape index (κ1) is 13.9. The Balaban J connectivity index is 2.71. The lowest BCUT2D eigenvalue weighted by Crippen LogP contribution is -2.46. The molecule has 2 unspecified atom stereocenters. The molecule has 1 saturated heterocycles. The molecule has 0 saturated carbocycles. The summed E-state index contributed by atoms with van der Waals surface area (Å²) in [5.74, 6) is 0.448. The van der Waals surface area contributed by atoms with E-state index in [1.807, 2.05) is 13.8 Å². The van der Waals surface area contributed by atoms with Crippen LogP contribution in [0.3, 0.4) is 0 Å². The van der Waals surface area contributed by atoms with Gasteiger partial charge in [-0.3, -0.25) is 14.3 Å². The molecule has 94 valence electrons. The fourth-order valence-electron chi connectivity index (χ4n) is 2.26. The second-order valence-corrected chi connectivity index (χ2v) is 5.77. The topological polar surface area (TPSA) is 32.8 Å². The number of hydrogen-bond donors (Lipinski definition) is 0. The molecule has 2 atom stereocenters. The van der Waals surface area contributed by atoms with Crippen LogP contribution in [-0.2, 0) is 9.63 Å². The standard InChI is InChI=1S/C11H23N2O2P/c1-11(2,10(14)12(3)15-4)9-6-5-7-13(16)8-9/h9H,5-8,16H2,1-4H3. The summed E-state index contributed by atoms with van der Waals surface area (Å²) in [7, 11) is 5.93. The second-order valence-electron chi connectivity index (χ2n) is 5.04. The first-order valence-corrected chi connectivity index (χ1v) is 6.23. The van der Waals surface area contributed by atoms with Gasteiger partial charge in [-0.05, 0) is 18.8 Å². The van der Waals surface area contributed by atoms with Crippen molar-refractivity contribution in [3.63, 3.8) is 0 Å². The van der Waals surface area contributed by atoms with Gasteiger partial charge in [0.05, 0.1) is 7.11 Å². The Morgan fingerprint density at radius 1 is 1.56 bits per heavy atom. The highest BCUT2D eigenvalue weighted by molar-refractivity contribution is 7.13. The van der Waals surface area contributed by atoms with Gasteiger partial charge in [-0.15, -0.1) is 0 Å². The number of carbonyl (C=O) groups excluding carboxylic acids is 1. The van der Waals surface area contributed by atoms with Gasteiger partial charge in [0, 0.05) is 25.6 Å². The van der Waals surface area contributed by atoms with Crippen molar-refractivity contribution in [3.05, 3.63) is 0 Å². The first-order chi connectivity index (χ1) is 7.39. The summed E-state index contributed by atoms with van der Waals surface area (Å²) < 4.78 is 2.22. The average Bonchev–Trinajstić information content (AvgIpc) is 2.27. The molecule has 16 heavy (non-hydrogen) atoms. The van der Waals surface area contributed by atoms with Crippen molar-refractivity contribution < 1.29 is 9.63 Å². The van der Waals surface area contributed by atoms with Crippen molar-refractivity contribution in [2.45, 2.75) is 26.7 Å². The molecular weight excluding hydrogens is 223 g/mol. The lowest BCUT2D eigenvalue weighted by atomic mass is 9.74. The van der Waals surface area contributed by atoms with Crippen molar-refractivity contribution in [1.82, 2.24) is 9.73 Å². The van der Waals surface area contributed by atoms with E-state index in [1.54, 1.807) is 7.05 Å². The van der Waals surface area contributed by atoms with Gasteiger partial charge in [0.25, 0.3) is 5.91 Å². The number of carbonyl (C=O) groups is 1. The summed E-state index contributed by atoms with van der Waals surface area (Å²) in [5, 5.41) is 1.34. The van der Waals surface area contributed by atoms with Crippen LogP contribution >= 0.6 is 9.39 Å². The maximum atomic E-state index is 12.2. The van der Waals surface area contributed by atoms with Gasteiger partial charge in [-0.25, -0.2) is 5.06 Å². The van der Waals surface area contributed by atoms with E-state index in [2.05, 4.69) is 14.1 Å². The average molecular weight is 246 g/mol. The molecule has 0 N–H and O–H groups in total. The van der Waals surface area contributed by atoms with Crippen LogP contribution in [-0.4, -0.2) is 42.9 Å². The molecule has 1 rings (SSSR count). The van der Waals surface area contributed by atoms with E-state index in [1.165, 1.54) is 12.2 Å². The van der Waals surface area contributed by atoms with E-state index in [9.17, 15) is 4.79 Å². The van der Waals surface area contributed by atoms with Crippen LogP contribution in [0.2, 0.25) is 0 Å². The molecule has 1 aliphatic heterocycles. The van der Waals surface area contributed by atoms with Gasteiger partial charge in [0.2, 0.25) is 0 Å². The van der Waals surface area contributed by atoms with E-state index >= 15 is 0 Å². The zero-order valence-corrected chi connectivity index (χ0v) is 11.8. The lowest BCUT2D eigenvalue weighted by Gasteiger charge is -2.40. The van der Waals surface area contributed by atoms with E-state index in [-0.39, 0.29) is 11.3 Å². The van der Waals surface area contributed by atoms with Gasteiger partial charge in [0.1, 0.15) is 0 Å². The van der Waals surface area contributed by atoms with Crippen LogP contribution in [0.25, 0.3) is 0 Å². The van der Waals surface area contributed by atoms with E-state index in [0.717, 1.165) is 25.9 Å². The summed E-state index contributed by atoms with van der Waals surface area (Å²) in [6.07, 6.45) is 2.27. The number of amides is 1. The third-order valence-corrected chi connectivity index (χ3v) is 4.05. The monoisotopic (exact) mass is 246 g/mol. The number of hydroxylamine groups is 2. The Bertz CT molecular complexity index is 258. The molecule has 1 amide bonds. The highest BCUT2D eigenvalue weighted by Gasteiger charge is 2.40. The molecule has 1 aliphatic rings. The number of hydrogen-bond acceptors (Lipinski definition) is 3. The molecule has 0 aliphatic carbocycles. The van der Waals surface area contributed by atoms with E-state index in [0.29, 0.717) is 5.92 Å². The third-order valence-electron chi connectivity index (χ3n) is 3.58. The number of rotatable bonds is 3. The van der Waals surface area contributed by atoms with Crippen molar-refractivity contribution >= 4 is 15.3 Å². The van der Waals surface area contributed by atoms with Gasteiger partial charge >= 0.3 is 0 Å². The Kier molecular flexibility index (Phi) is 4.72. The minimum atomic E-state index is -0.361. The predicted molar refractivity (Wildman–Crippen MR) is 67.6 cm³/mol. The largest absolute Gasteiger partial charge is 0.287 e. The predicted octanol–water partition coefficient (Wildman–Crippen LogP) is 1.53.